The van der Waals surface area contributed by atoms with E-state index in [1.165, 1.54) is 5.01 Å². The molecule has 1 N–H and O–H groups in total. The first-order valence-electron chi connectivity index (χ1n) is 7.21. The number of carbonyl (C=O) groups is 2. The van der Waals surface area contributed by atoms with Crippen LogP contribution in [-0.4, -0.2) is 31.9 Å². The molecule has 1 aromatic carbocycles. The number of hydrogen-bond donors (Lipinski definition) is 1. The van der Waals surface area contributed by atoms with Crippen LogP contribution < -0.4 is 5.43 Å². The number of amides is 2. The molecule has 0 atom stereocenters. The van der Waals surface area contributed by atoms with Crippen LogP contribution in [-0.2, 0) is 0 Å². The van der Waals surface area contributed by atoms with Crippen LogP contribution in [0.5, 0.6) is 0 Å². The fraction of sp³-hybridized carbons (Fsp3) is 0.375. The number of aromatic nitrogens is 2. The lowest BCUT2D eigenvalue weighted by Gasteiger charge is -2.35. The van der Waals surface area contributed by atoms with Crippen LogP contribution >= 0.6 is 11.5 Å². The number of aryl methyl sites for hydroxylation is 2. The van der Waals surface area contributed by atoms with Gasteiger partial charge >= 0.3 is 0 Å². The van der Waals surface area contributed by atoms with Crippen molar-refractivity contribution in [1.29, 1.82) is 0 Å². The quantitative estimate of drug-likeness (QED) is 0.858. The van der Waals surface area contributed by atoms with Gasteiger partial charge in [0.1, 0.15) is 4.88 Å². The Morgan fingerprint density at radius 2 is 1.91 bits per heavy atom. The van der Waals surface area contributed by atoms with Crippen LogP contribution in [0, 0.1) is 13.8 Å². The Morgan fingerprint density at radius 3 is 2.43 bits per heavy atom. The van der Waals surface area contributed by atoms with E-state index in [-0.39, 0.29) is 11.8 Å². The number of nitrogens with zero attached hydrogens (tertiary/aromatic N) is 3. The van der Waals surface area contributed by atoms with Crippen molar-refractivity contribution < 1.29 is 9.59 Å². The molecule has 2 amide bonds. The third kappa shape index (κ3) is 3.92. The van der Waals surface area contributed by atoms with Crippen molar-refractivity contribution in [2.24, 2.45) is 0 Å². The van der Waals surface area contributed by atoms with E-state index in [0.717, 1.165) is 17.1 Å². The standard InChI is InChI=1S/C16H20N4O2S/c1-10-7-6-8-12(9-10)14(21)18-20(16(3,4)5)15(22)13-11(2)17-19-23-13/h6-9H,1-5H3,(H,18,21). The smallest absolute Gasteiger partial charge is 0.267 e. The van der Waals surface area contributed by atoms with Crippen LogP contribution in [0.3, 0.4) is 0 Å². The Hall–Kier alpha value is -2.28. The first kappa shape index (κ1) is 17.1. The van der Waals surface area contributed by atoms with Gasteiger partial charge in [-0.15, -0.1) is 5.10 Å². The number of benzene rings is 1. The molecular formula is C16H20N4O2S. The van der Waals surface area contributed by atoms with Crippen LogP contribution in [0.1, 0.15) is 52.1 Å². The molecule has 0 fully saturated rings. The predicted octanol–water partition coefficient (Wildman–Crippen LogP) is 2.74. The lowest BCUT2D eigenvalue weighted by Crippen LogP contribution is -2.55. The first-order chi connectivity index (χ1) is 10.7. The summed E-state index contributed by atoms with van der Waals surface area (Å²) in [5.41, 5.74) is 4.16. The Kier molecular flexibility index (Phi) is 4.79. The van der Waals surface area contributed by atoms with Crippen LogP contribution in [0.15, 0.2) is 24.3 Å². The predicted molar refractivity (Wildman–Crippen MR) is 89.2 cm³/mol. The van der Waals surface area contributed by atoms with Crippen molar-refractivity contribution in [3.05, 3.63) is 46.0 Å². The van der Waals surface area contributed by atoms with E-state index >= 15 is 0 Å². The van der Waals surface area contributed by atoms with Crippen molar-refractivity contribution in [2.45, 2.75) is 40.2 Å². The molecule has 0 aliphatic carbocycles. The molecule has 7 heteroatoms. The van der Waals surface area contributed by atoms with Gasteiger partial charge in [0.2, 0.25) is 0 Å². The highest BCUT2D eigenvalue weighted by molar-refractivity contribution is 7.07. The van der Waals surface area contributed by atoms with Gasteiger partial charge in [-0.25, -0.2) is 5.01 Å². The monoisotopic (exact) mass is 332 g/mol. The van der Waals surface area contributed by atoms with Crippen molar-refractivity contribution in [3.8, 4) is 0 Å². The van der Waals surface area contributed by atoms with Gasteiger partial charge < -0.3 is 0 Å². The number of hydrogen-bond acceptors (Lipinski definition) is 5. The molecule has 0 aliphatic heterocycles. The second-order valence-electron chi connectivity index (χ2n) is 6.31. The minimum Gasteiger partial charge on any atom is -0.267 e. The molecule has 0 saturated heterocycles. The molecule has 0 unspecified atom stereocenters. The van der Waals surface area contributed by atoms with E-state index in [1.807, 2.05) is 39.8 Å². The number of carbonyl (C=O) groups excluding carboxylic acids is 2. The molecule has 2 aromatic rings. The summed E-state index contributed by atoms with van der Waals surface area (Å²) in [6, 6.07) is 7.22. The maximum Gasteiger partial charge on any atom is 0.286 e. The zero-order valence-corrected chi connectivity index (χ0v) is 14.7. The fourth-order valence-corrected chi connectivity index (χ4v) is 2.59. The van der Waals surface area contributed by atoms with Crippen LogP contribution in [0.4, 0.5) is 0 Å². The lowest BCUT2D eigenvalue weighted by molar-refractivity contribution is 0.0362. The molecule has 0 aliphatic rings. The van der Waals surface area contributed by atoms with E-state index < -0.39 is 5.54 Å². The molecule has 122 valence electrons. The van der Waals surface area contributed by atoms with Crippen molar-refractivity contribution >= 4 is 23.3 Å². The Balaban J connectivity index is 2.28. The lowest BCUT2D eigenvalue weighted by atomic mass is 10.1. The first-order valence-corrected chi connectivity index (χ1v) is 7.98. The molecule has 1 aromatic heterocycles. The van der Waals surface area contributed by atoms with Gasteiger partial charge in [0.05, 0.1) is 11.2 Å². The van der Waals surface area contributed by atoms with Crippen molar-refractivity contribution in [2.75, 3.05) is 0 Å². The Morgan fingerprint density at radius 1 is 1.22 bits per heavy atom. The number of rotatable bonds is 2. The number of nitrogens with one attached hydrogen (secondary N) is 1. The third-order valence-corrected chi connectivity index (χ3v) is 4.03. The average molecular weight is 332 g/mol. The van der Waals surface area contributed by atoms with E-state index in [0.29, 0.717) is 16.1 Å². The molecular weight excluding hydrogens is 312 g/mol. The Bertz CT molecular complexity index is 734. The second kappa shape index (κ2) is 6.45. The summed E-state index contributed by atoms with van der Waals surface area (Å²) in [7, 11) is 0. The van der Waals surface area contributed by atoms with Gasteiger partial charge in [-0.2, -0.15) is 0 Å². The average Bonchev–Trinajstić information content (AvgIpc) is 2.88. The van der Waals surface area contributed by atoms with Gasteiger partial charge in [0.15, 0.2) is 0 Å². The normalized spacial score (nSPS) is 11.2. The summed E-state index contributed by atoms with van der Waals surface area (Å²) >= 11 is 1.02. The fourth-order valence-electron chi connectivity index (χ4n) is 2.00. The summed E-state index contributed by atoms with van der Waals surface area (Å²) in [4.78, 5) is 25.6. The summed E-state index contributed by atoms with van der Waals surface area (Å²) in [6.07, 6.45) is 0. The zero-order chi connectivity index (χ0) is 17.2. The van der Waals surface area contributed by atoms with Crippen LogP contribution in [0.2, 0.25) is 0 Å². The summed E-state index contributed by atoms with van der Waals surface area (Å²) < 4.78 is 3.79. The Labute approximate surface area is 139 Å². The molecule has 0 bridgehead atoms. The molecule has 1 heterocycles. The van der Waals surface area contributed by atoms with Crippen LogP contribution in [0.25, 0.3) is 0 Å². The van der Waals surface area contributed by atoms with Crippen molar-refractivity contribution in [3.63, 3.8) is 0 Å². The van der Waals surface area contributed by atoms with Crippen molar-refractivity contribution in [1.82, 2.24) is 20.0 Å². The molecule has 6 nitrogen and oxygen atoms in total. The minimum absolute atomic E-state index is 0.314. The van der Waals surface area contributed by atoms with Gasteiger partial charge in [0, 0.05) is 5.56 Å². The highest BCUT2D eigenvalue weighted by atomic mass is 32.1. The summed E-state index contributed by atoms with van der Waals surface area (Å²) in [6.45, 7) is 9.19. The molecule has 0 radical (unpaired) electrons. The highest BCUT2D eigenvalue weighted by Gasteiger charge is 2.31. The SMILES string of the molecule is Cc1cccc(C(=O)NN(C(=O)c2snnc2C)C(C)(C)C)c1. The summed E-state index contributed by atoms with van der Waals surface area (Å²) in [5, 5.41) is 5.19. The maximum absolute atomic E-state index is 12.7. The largest absolute Gasteiger partial charge is 0.286 e. The van der Waals surface area contributed by atoms with Gasteiger partial charge in [-0.05, 0) is 58.3 Å². The van der Waals surface area contributed by atoms with Gasteiger partial charge in [-0.3, -0.25) is 15.0 Å². The minimum atomic E-state index is -0.590. The summed E-state index contributed by atoms with van der Waals surface area (Å²) in [5.74, 6) is -0.641. The van der Waals surface area contributed by atoms with Gasteiger partial charge in [0.25, 0.3) is 11.8 Å². The number of hydrazine groups is 1. The molecule has 0 saturated carbocycles. The molecule has 23 heavy (non-hydrogen) atoms. The zero-order valence-electron chi connectivity index (χ0n) is 13.9. The third-order valence-electron chi connectivity index (χ3n) is 3.21. The van der Waals surface area contributed by atoms with E-state index in [4.69, 9.17) is 0 Å². The highest BCUT2D eigenvalue weighted by Crippen LogP contribution is 2.19. The second-order valence-corrected chi connectivity index (χ2v) is 7.06. The maximum atomic E-state index is 12.7. The van der Waals surface area contributed by atoms with Gasteiger partial charge in [-0.1, -0.05) is 22.2 Å². The van der Waals surface area contributed by atoms with E-state index in [1.54, 1.807) is 19.1 Å². The topological polar surface area (TPSA) is 75.2 Å². The van der Waals surface area contributed by atoms with E-state index in [9.17, 15) is 9.59 Å². The molecule has 2 rings (SSSR count). The molecule has 0 spiro atoms. The van der Waals surface area contributed by atoms with E-state index in [2.05, 4.69) is 15.0 Å².